The van der Waals surface area contributed by atoms with Crippen molar-refractivity contribution in [3.8, 4) is 0 Å². The van der Waals surface area contributed by atoms with Crippen LogP contribution in [0.15, 0.2) is 28.8 Å². The molecular formula is C19H17F2N3O2. The summed E-state index contributed by atoms with van der Waals surface area (Å²) in [4.78, 5) is 17.3. The van der Waals surface area contributed by atoms with Gasteiger partial charge in [0.1, 0.15) is 0 Å². The number of nitrogens with one attached hydrogen (secondary N) is 1. The normalized spacial score (nSPS) is 15.2. The third kappa shape index (κ3) is 2.94. The van der Waals surface area contributed by atoms with Crippen LogP contribution in [0.3, 0.4) is 0 Å². The standard InChI is InChI=1S/C19H17F2N3O2/c1-9(12-5-6-14(20)15(21)7-12)22-18(25)13-8-16(11-3-4-11)23-19-17(13)10(2)24-26-19/h5-9,11H,3-4H2,1-2H3,(H,22,25). The van der Waals surface area contributed by atoms with Gasteiger partial charge in [0.2, 0.25) is 0 Å². The Hall–Kier alpha value is -2.83. The van der Waals surface area contributed by atoms with E-state index in [9.17, 15) is 13.6 Å². The molecule has 7 heteroatoms. The van der Waals surface area contributed by atoms with Gasteiger partial charge in [-0.3, -0.25) is 4.79 Å². The summed E-state index contributed by atoms with van der Waals surface area (Å²) in [5.41, 5.74) is 2.66. The van der Waals surface area contributed by atoms with Gasteiger partial charge >= 0.3 is 0 Å². The fourth-order valence-electron chi connectivity index (χ4n) is 3.02. The van der Waals surface area contributed by atoms with Crippen molar-refractivity contribution in [3.05, 3.63) is 58.4 Å². The van der Waals surface area contributed by atoms with Crippen LogP contribution in [0, 0.1) is 18.6 Å². The van der Waals surface area contributed by atoms with Crippen molar-refractivity contribution in [1.82, 2.24) is 15.5 Å². The van der Waals surface area contributed by atoms with E-state index in [1.54, 1.807) is 19.9 Å². The van der Waals surface area contributed by atoms with Crippen LogP contribution in [0.4, 0.5) is 8.78 Å². The first-order valence-corrected chi connectivity index (χ1v) is 8.46. The van der Waals surface area contributed by atoms with Gasteiger partial charge in [-0.2, -0.15) is 0 Å². The molecule has 3 aromatic rings. The molecule has 1 aliphatic carbocycles. The maximum Gasteiger partial charge on any atom is 0.259 e. The van der Waals surface area contributed by atoms with E-state index < -0.39 is 17.7 Å². The van der Waals surface area contributed by atoms with Gasteiger partial charge in [0.15, 0.2) is 11.6 Å². The number of hydrogen-bond donors (Lipinski definition) is 1. The first kappa shape index (κ1) is 16.6. The predicted molar refractivity (Wildman–Crippen MR) is 90.8 cm³/mol. The number of carbonyl (C=O) groups is 1. The Morgan fingerprint density at radius 2 is 2.04 bits per heavy atom. The van der Waals surface area contributed by atoms with Crippen molar-refractivity contribution in [3.63, 3.8) is 0 Å². The molecule has 1 aliphatic rings. The Kier molecular flexibility index (Phi) is 3.94. The van der Waals surface area contributed by atoms with E-state index in [1.165, 1.54) is 6.07 Å². The van der Waals surface area contributed by atoms with Crippen LogP contribution < -0.4 is 5.32 Å². The molecule has 0 radical (unpaired) electrons. The lowest BCUT2D eigenvalue weighted by Gasteiger charge is -2.15. The first-order chi connectivity index (χ1) is 12.4. The van der Waals surface area contributed by atoms with Crippen LogP contribution in [0.5, 0.6) is 0 Å². The first-order valence-electron chi connectivity index (χ1n) is 8.46. The predicted octanol–water partition coefficient (Wildman–Crippen LogP) is 4.18. The summed E-state index contributed by atoms with van der Waals surface area (Å²) in [7, 11) is 0. The van der Waals surface area contributed by atoms with Gasteiger partial charge < -0.3 is 9.84 Å². The van der Waals surface area contributed by atoms with E-state index in [2.05, 4.69) is 15.5 Å². The summed E-state index contributed by atoms with van der Waals surface area (Å²) in [6.45, 7) is 3.46. The Balaban J connectivity index is 1.67. The second kappa shape index (κ2) is 6.16. The zero-order chi connectivity index (χ0) is 18.4. The number of fused-ring (bicyclic) bond motifs is 1. The molecule has 4 rings (SSSR count). The average Bonchev–Trinajstić information content (AvgIpc) is 3.40. The van der Waals surface area contributed by atoms with Crippen LogP contribution in [-0.4, -0.2) is 16.0 Å². The molecule has 1 fully saturated rings. The topological polar surface area (TPSA) is 68.0 Å². The minimum absolute atomic E-state index is 0.331. The van der Waals surface area contributed by atoms with Crippen molar-refractivity contribution >= 4 is 17.0 Å². The van der Waals surface area contributed by atoms with E-state index >= 15 is 0 Å². The summed E-state index contributed by atoms with van der Waals surface area (Å²) in [6.07, 6.45) is 2.08. The molecule has 26 heavy (non-hydrogen) atoms. The lowest BCUT2D eigenvalue weighted by molar-refractivity contribution is 0.0941. The van der Waals surface area contributed by atoms with Crippen LogP contribution in [-0.2, 0) is 0 Å². The van der Waals surface area contributed by atoms with Gasteiger partial charge in [0.25, 0.3) is 11.6 Å². The molecule has 1 aromatic carbocycles. The Labute approximate surface area is 148 Å². The van der Waals surface area contributed by atoms with Gasteiger partial charge in [0.05, 0.1) is 22.7 Å². The van der Waals surface area contributed by atoms with E-state index in [0.717, 1.165) is 30.7 Å². The van der Waals surface area contributed by atoms with Crippen LogP contribution in [0.1, 0.15) is 59.0 Å². The zero-order valence-electron chi connectivity index (χ0n) is 14.3. The molecule has 134 valence electrons. The lowest BCUT2D eigenvalue weighted by atomic mass is 10.0. The lowest BCUT2D eigenvalue weighted by Crippen LogP contribution is -2.27. The fraction of sp³-hybridized carbons (Fsp3) is 0.316. The smallest absolute Gasteiger partial charge is 0.259 e. The largest absolute Gasteiger partial charge is 0.345 e. The number of rotatable bonds is 4. The number of carbonyl (C=O) groups excluding carboxylic acids is 1. The summed E-state index contributed by atoms with van der Waals surface area (Å²) in [5.74, 6) is -1.85. The molecule has 0 bridgehead atoms. The number of hydrogen-bond acceptors (Lipinski definition) is 4. The van der Waals surface area contributed by atoms with Crippen molar-refractivity contribution in [1.29, 1.82) is 0 Å². The number of halogens is 2. The van der Waals surface area contributed by atoms with Gasteiger partial charge in [-0.15, -0.1) is 0 Å². The third-order valence-corrected chi connectivity index (χ3v) is 4.67. The SMILES string of the molecule is Cc1noc2nc(C3CC3)cc(C(=O)NC(C)c3ccc(F)c(F)c3)c12. The third-order valence-electron chi connectivity index (χ3n) is 4.67. The summed E-state index contributed by atoms with van der Waals surface area (Å²) in [6, 6.07) is 4.87. The van der Waals surface area contributed by atoms with E-state index in [0.29, 0.717) is 33.8 Å². The maximum atomic E-state index is 13.5. The van der Waals surface area contributed by atoms with Crippen molar-refractivity contribution < 1.29 is 18.1 Å². The highest BCUT2D eigenvalue weighted by Gasteiger charge is 2.29. The number of benzene rings is 1. The molecule has 1 saturated carbocycles. The summed E-state index contributed by atoms with van der Waals surface area (Å²) in [5, 5.41) is 7.31. The minimum Gasteiger partial charge on any atom is -0.345 e. The van der Waals surface area contributed by atoms with Gasteiger partial charge in [0, 0.05) is 11.6 Å². The molecule has 0 spiro atoms. The monoisotopic (exact) mass is 357 g/mol. The molecule has 1 atom stereocenters. The molecule has 1 unspecified atom stereocenters. The average molecular weight is 357 g/mol. The van der Waals surface area contributed by atoms with Gasteiger partial charge in [-0.05, 0) is 50.5 Å². The number of aromatic nitrogens is 2. The quantitative estimate of drug-likeness (QED) is 0.761. The Morgan fingerprint density at radius 3 is 2.73 bits per heavy atom. The molecule has 2 heterocycles. The van der Waals surface area contributed by atoms with E-state index in [1.807, 2.05) is 0 Å². The molecule has 2 aromatic heterocycles. The molecule has 1 amide bonds. The molecule has 0 aliphatic heterocycles. The van der Waals surface area contributed by atoms with Crippen LogP contribution in [0.25, 0.3) is 11.1 Å². The maximum absolute atomic E-state index is 13.5. The van der Waals surface area contributed by atoms with E-state index in [-0.39, 0.29) is 5.91 Å². The molecule has 5 nitrogen and oxygen atoms in total. The number of aryl methyl sites for hydroxylation is 1. The second-order valence-electron chi connectivity index (χ2n) is 6.69. The Morgan fingerprint density at radius 1 is 1.27 bits per heavy atom. The van der Waals surface area contributed by atoms with Gasteiger partial charge in [-0.25, -0.2) is 13.8 Å². The second-order valence-corrected chi connectivity index (χ2v) is 6.69. The zero-order valence-corrected chi connectivity index (χ0v) is 14.3. The van der Waals surface area contributed by atoms with Crippen molar-refractivity contribution in [2.75, 3.05) is 0 Å². The number of amides is 1. The highest BCUT2D eigenvalue weighted by molar-refractivity contribution is 6.06. The summed E-state index contributed by atoms with van der Waals surface area (Å²) < 4.78 is 31.8. The minimum atomic E-state index is -0.944. The van der Waals surface area contributed by atoms with Crippen LogP contribution in [0.2, 0.25) is 0 Å². The van der Waals surface area contributed by atoms with Crippen molar-refractivity contribution in [2.24, 2.45) is 0 Å². The number of nitrogens with zero attached hydrogens (tertiary/aromatic N) is 2. The van der Waals surface area contributed by atoms with Crippen molar-refractivity contribution in [2.45, 2.75) is 38.6 Å². The fourth-order valence-corrected chi connectivity index (χ4v) is 3.02. The van der Waals surface area contributed by atoms with Gasteiger partial charge in [-0.1, -0.05) is 11.2 Å². The number of pyridine rings is 1. The van der Waals surface area contributed by atoms with Crippen LogP contribution >= 0.6 is 0 Å². The Bertz CT molecular complexity index is 1010. The molecular weight excluding hydrogens is 340 g/mol. The highest BCUT2D eigenvalue weighted by atomic mass is 19.2. The molecule has 0 saturated heterocycles. The summed E-state index contributed by atoms with van der Waals surface area (Å²) >= 11 is 0. The molecule has 1 N–H and O–H groups in total. The van der Waals surface area contributed by atoms with E-state index in [4.69, 9.17) is 4.52 Å². The highest BCUT2D eigenvalue weighted by Crippen LogP contribution is 2.40.